The van der Waals surface area contributed by atoms with Gasteiger partial charge in [0.25, 0.3) is 5.69 Å². The fraction of sp³-hybridized carbons (Fsp3) is 0.571. The summed E-state index contributed by atoms with van der Waals surface area (Å²) in [5.41, 5.74) is 6.74. The fourth-order valence-corrected chi connectivity index (χ4v) is 3.66. The van der Waals surface area contributed by atoms with E-state index in [-0.39, 0.29) is 16.1 Å². The number of hydrogen-bond acceptors (Lipinski definition) is 5. The molecule has 5 nitrogen and oxygen atoms in total. The maximum atomic E-state index is 10.7. The van der Waals surface area contributed by atoms with Gasteiger partial charge in [-0.2, -0.15) is 11.8 Å². The van der Waals surface area contributed by atoms with E-state index >= 15 is 0 Å². The number of nitrogen functional groups attached to an aromatic ring is 1. The fourth-order valence-electron chi connectivity index (χ4n) is 2.74. The molecule has 0 atom stereocenters. The molecule has 110 valence electrons. The molecule has 0 unspecified atom stereocenters. The summed E-state index contributed by atoms with van der Waals surface area (Å²) in [4.78, 5) is 10.3. The van der Waals surface area contributed by atoms with Gasteiger partial charge in [-0.1, -0.05) is 19.3 Å². The van der Waals surface area contributed by atoms with Crippen molar-refractivity contribution in [2.45, 2.75) is 36.9 Å². The molecule has 0 saturated heterocycles. The topological polar surface area (TPSA) is 81.2 Å². The molecule has 1 fully saturated rings. The van der Waals surface area contributed by atoms with Crippen LogP contribution >= 0.6 is 11.8 Å². The molecule has 2 rings (SSSR count). The molecule has 3 N–H and O–H groups in total. The van der Waals surface area contributed by atoms with E-state index in [2.05, 4.69) is 11.6 Å². The van der Waals surface area contributed by atoms with Gasteiger partial charge in [-0.25, -0.2) is 0 Å². The van der Waals surface area contributed by atoms with Crippen molar-refractivity contribution in [1.29, 1.82) is 0 Å². The van der Waals surface area contributed by atoms with Crippen molar-refractivity contribution in [1.82, 2.24) is 0 Å². The number of benzene rings is 1. The first-order valence-electron chi connectivity index (χ1n) is 6.89. The number of thioether (sulfide) groups is 1. The van der Waals surface area contributed by atoms with Gasteiger partial charge in [-0.15, -0.1) is 0 Å². The van der Waals surface area contributed by atoms with Gasteiger partial charge in [-0.05, 0) is 31.2 Å². The first-order valence-corrected chi connectivity index (χ1v) is 8.12. The minimum absolute atomic E-state index is 0.0344. The SMILES string of the molecule is CSC1(CNc2ccc([N+](=O)[O-])c(N)c2)CCCCC1. The van der Waals surface area contributed by atoms with Crippen LogP contribution in [-0.2, 0) is 0 Å². The zero-order valence-electron chi connectivity index (χ0n) is 11.7. The summed E-state index contributed by atoms with van der Waals surface area (Å²) in [5.74, 6) is 0. The van der Waals surface area contributed by atoms with Crippen LogP contribution in [-0.4, -0.2) is 22.5 Å². The average Bonchev–Trinajstić information content (AvgIpc) is 2.46. The highest BCUT2D eigenvalue weighted by atomic mass is 32.2. The molecule has 1 aromatic carbocycles. The third-order valence-corrected chi connectivity index (χ3v) is 5.46. The first kappa shape index (κ1) is 15.0. The van der Waals surface area contributed by atoms with Gasteiger partial charge in [0, 0.05) is 23.0 Å². The molecule has 1 aliphatic rings. The molecular formula is C14H21N3O2S. The van der Waals surface area contributed by atoms with E-state index in [0.29, 0.717) is 0 Å². The number of hydrogen-bond donors (Lipinski definition) is 2. The van der Waals surface area contributed by atoms with Gasteiger partial charge in [0.2, 0.25) is 0 Å². The lowest BCUT2D eigenvalue weighted by Gasteiger charge is -2.36. The van der Waals surface area contributed by atoms with Crippen LogP contribution in [0.15, 0.2) is 18.2 Å². The molecule has 0 aromatic heterocycles. The lowest BCUT2D eigenvalue weighted by molar-refractivity contribution is -0.383. The van der Waals surface area contributed by atoms with Gasteiger partial charge in [-0.3, -0.25) is 10.1 Å². The smallest absolute Gasteiger partial charge is 0.292 e. The third-order valence-electron chi connectivity index (χ3n) is 4.04. The number of nitro benzene ring substituents is 1. The molecule has 0 bridgehead atoms. The van der Waals surface area contributed by atoms with E-state index in [1.165, 1.54) is 38.2 Å². The monoisotopic (exact) mass is 295 g/mol. The summed E-state index contributed by atoms with van der Waals surface area (Å²) in [7, 11) is 0. The van der Waals surface area contributed by atoms with Crippen LogP contribution in [0.25, 0.3) is 0 Å². The van der Waals surface area contributed by atoms with Crippen LogP contribution in [0.2, 0.25) is 0 Å². The van der Waals surface area contributed by atoms with E-state index in [9.17, 15) is 10.1 Å². The predicted octanol–water partition coefficient (Wildman–Crippen LogP) is 3.65. The van der Waals surface area contributed by atoms with Gasteiger partial charge in [0.05, 0.1) is 4.92 Å². The number of nitrogens with zero attached hydrogens (tertiary/aromatic N) is 1. The van der Waals surface area contributed by atoms with Crippen molar-refractivity contribution in [3.8, 4) is 0 Å². The second-order valence-electron chi connectivity index (χ2n) is 5.33. The molecule has 6 heteroatoms. The van der Waals surface area contributed by atoms with E-state index in [1.807, 2.05) is 11.8 Å². The highest BCUT2D eigenvalue weighted by Gasteiger charge is 2.30. The zero-order chi connectivity index (χ0) is 14.6. The van der Waals surface area contributed by atoms with E-state index in [1.54, 1.807) is 12.1 Å². The second kappa shape index (κ2) is 6.35. The van der Waals surface area contributed by atoms with Crippen molar-refractivity contribution < 1.29 is 4.92 Å². The Balaban J connectivity index is 2.03. The van der Waals surface area contributed by atoms with E-state index in [4.69, 9.17) is 5.73 Å². The van der Waals surface area contributed by atoms with E-state index in [0.717, 1.165) is 12.2 Å². The molecule has 20 heavy (non-hydrogen) atoms. The summed E-state index contributed by atoms with van der Waals surface area (Å²) in [6, 6.07) is 4.84. The van der Waals surface area contributed by atoms with Crippen molar-refractivity contribution >= 4 is 28.8 Å². The molecular weight excluding hydrogens is 274 g/mol. The molecule has 1 aliphatic carbocycles. The minimum atomic E-state index is -0.455. The molecule has 0 heterocycles. The molecule has 1 saturated carbocycles. The Morgan fingerprint density at radius 3 is 2.65 bits per heavy atom. The maximum absolute atomic E-state index is 10.7. The Hall–Kier alpha value is -1.43. The highest BCUT2D eigenvalue weighted by Crippen LogP contribution is 2.38. The lowest BCUT2D eigenvalue weighted by atomic mass is 9.88. The van der Waals surface area contributed by atoms with Crippen LogP contribution < -0.4 is 11.1 Å². The number of anilines is 2. The van der Waals surface area contributed by atoms with Crippen LogP contribution in [0, 0.1) is 10.1 Å². The molecule has 0 aliphatic heterocycles. The van der Waals surface area contributed by atoms with Crippen LogP contribution in [0.1, 0.15) is 32.1 Å². The Morgan fingerprint density at radius 2 is 2.10 bits per heavy atom. The lowest BCUT2D eigenvalue weighted by Crippen LogP contribution is -2.35. The largest absolute Gasteiger partial charge is 0.393 e. The average molecular weight is 295 g/mol. The number of nitrogens with two attached hydrogens (primary N) is 1. The summed E-state index contributed by atoms with van der Waals surface area (Å²) in [6.45, 7) is 0.880. The van der Waals surface area contributed by atoms with Crippen LogP contribution in [0.5, 0.6) is 0 Å². The Labute approximate surface area is 123 Å². The number of rotatable bonds is 5. The van der Waals surface area contributed by atoms with Crippen LogP contribution in [0.4, 0.5) is 17.1 Å². The highest BCUT2D eigenvalue weighted by molar-refractivity contribution is 8.00. The summed E-state index contributed by atoms with van der Waals surface area (Å²) in [6.07, 6.45) is 8.51. The number of nitro groups is 1. The van der Waals surface area contributed by atoms with Crippen molar-refractivity contribution in [2.75, 3.05) is 23.9 Å². The second-order valence-corrected chi connectivity index (χ2v) is 6.61. The Morgan fingerprint density at radius 1 is 1.40 bits per heavy atom. The molecule has 0 spiro atoms. The van der Waals surface area contributed by atoms with Crippen molar-refractivity contribution in [3.63, 3.8) is 0 Å². The molecule has 0 radical (unpaired) electrons. The quantitative estimate of drug-likeness (QED) is 0.492. The normalized spacial score (nSPS) is 17.6. The van der Waals surface area contributed by atoms with Gasteiger partial charge in [0.1, 0.15) is 5.69 Å². The van der Waals surface area contributed by atoms with E-state index < -0.39 is 4.92 Å². The Kier molecular flexibility index (Phi) is 4.75. The van der Waals surface area contributed by atoms with Gasteiger partial charge < -0.3 is 11.1 Å². The summed E-state index contributed by atoms with van der Waals surface area (Å²) >= 11 is 1.92. The zero-order valence-corrected chi connectivity index (χ0v) is 12.5. The molecule has 1 aromatic rings. The van der Waals surface area contributed by atoms with Crippen molar-refractivity contribution in [3.05, 3.63) is 28.3 Å². The first-order chi connectivity index (χ1) is 9.56. The maximum Gasteiger partial charge on any atom is 0.292 e. The third kappa shape index (κ3) is 3.36. The number of nitrogens with one attached hydrogen (secondary N) is 1. The standard InChI is InChI=1S/C14H21N3O2S/c1-20-14(7-3-2-4-8-14)10-16-11-5-6-13(17(18)19)12(15)9-11/h5-6,9,16H,2-4,7-8,10,15H2,1H3. The predicted molar refractivity (Wildman–Crippen MR) is 85.3 cm³/mol. The van der Waals surface area contributed by atoms with Crippen molar-refractivity contribution in [2.24, 2.45) is 0 Å². The Bertz CT molecular complexity index is 487. The van der Waals surface area contributed by atoms with Gasteiger partial charge >= 0.3 is 0 Å². The summed E-state index contributed by atoms with van der Waals surface area (Å²) in [5, 5.41) is 14.1. The van der Waals surface area contributed by atoms with Gasteiger partial charge in [0.15, 0.2) is 0 Å². The minimum Gasteiger partial charge on any atom is -0.393 e. The van der Waals surface area contributed by atoms with Crippen LogP contribution in [0.3, 0.4) is 0 Å². The molecule has 0 amide bonds. The summed E-state index contributed by atoms with van der Waals surface area (Å²) < 4.78 is 0.286.